The van der Waals surface area contributed by atoms with Crippen LogP contribution in [0.3, 0.4) is 0 Å². The van der Waals surface area contributed by atoms with Gasteiger partial charge in [0.1, 0.15) is 11.4 Å². The molecule has 1 atom stereocenters. The summed E-state index contributed by atoms with van der Waals surface area (Å²) in [7, 11) is 0. The number of hydrogen-bond acceptors (Lipinski definition) is 3. The standard InChI is InChI=1S/C20H23NO2/c22-18-14-20(23-19-9-5-4-8-17(18)19)10-12-21(13-11-20)15-16-6-2-1-3-7-16/h1-9,18,22H,10-15H2. The first-order chi connectivity index (χ1) is 11.2. The summed E-state index contributed by atoms with van der Waals surface area (Å²) in [5.41, 5.74) is 2.10. The maximum absolute atomic E-state index is 10.5. The predicted octanol–water partition coefficient (Wildman–Crippen LogP) is 3.54. The molecule has 1 N–H and O–H groups in total. The number of fused-ring (bicyclic) bond motifs is 1. The molecule has 120 valence electrons. The molecular weight excluding hydrogens is 286 g/mol. The maximum atomic E-state index is 10.5. The van der Waals surface area contributed by atoms with Crippen LogP contribution in [0.1, 0.15) is 36.5 Å². The Bertz CT molecular complexity index is 662. The van der Waals surface area contributed by atoms with Crippen molar-refractivity contribution >= 4 is 0 Å². The summed E-state index contributed by atoms with van der Waals surface area (Å²) in [5, 5.41) is 10.5. The molecule has 2 heterocycles. The molecule has 2 aliphatic heterocycles. The molecule has 3 heteroatoms. The number of para-hydroxylation sites is 1. The number of piperidine rings is 1. The van der Waals surface area contributed by atoms with Crippen LogP contribution in [0.2, 0.25) is 0 Å². The molecule has 0 amide bonds. The van der Waals surface area contributed by atoms with E-state index in [0.717, 1.165) is 43.8 Å². The minimum absolute atomic E-state index is 0.193. The topological polar surface area (TPSA) is 32.7 Å². The number of benzene rings is 2. The Hall–Kier alpha value is -1.84. The van der Waals surface area contributed by atoms with Crippen LogP contribution < -0.4 is 4.74 Å². The van der Waals surface area contributed by atoms with Crippen LogP contribution in [0.15, 0.2) is 54.6 Å². The van der Waals surface area contributed by atoms with Gasteiger partial charge in [-0.3, -0.25) is 4.90 Å². The molecule has 2 aliphatic rings. The van der Waals surface area contributed by atoms with Gasteiger partial charge < -0.3 is 9.84 Å². The average molecular weight is 309 g/mol. The molecular formula is C20H23NO2. The van der Waals surface area contributed by atoms with Crippen LogP contribution in [-0.2, 0) is 6.54 Å². The molecule has 2 aromatic carbocycles. The molecule has 0 saturated carbocycles. The molecule has 1 fully saturated rings. The van der Waals surface area contributed by atoms with Gasteiger partial charge >= 0.3 is 0 Å². The third-order valence-corrected chi connectivity index (χ3v) is 5.19. The van der Waals surface area contributed by atoms with Crippen LogP contribution in [-0.4, -0.2) is 28.7 Å². The molecule has 23 heavy (non-hydrogen) atoms. The van der Waals surface area contributed by atoms with E-state index < -0.39 is 6.10 Å². The molecule has 0 bridgehead atoms. The highest BCUT2D eigenvalue weighted by Crippen LogP contribution is 2.44. The van der Waals surface area contributed by atoms with E-state index in [9.17, 15) is 5.11 Å². The van der Waals surface area contributed by atoms with Gasteiger partial charge in [-0.1, -0.05) is 48.5 Å². The van der Waals surface area contributed by atoms with Gasteiger partial charge in [0.15, 0.2) is 0 Å². The van der Waals surface area contributed by atoms with E-state index >= 15 is 0 Å². The monoisotopic (exact) mass is 309 g/mol. The van der Waals surface area contributed by atoms with E-state index in [0.29, 0.717) is 6.42 Å². The van der Waals surface area contributed by atoms with E-state index in [2.05, 4.69) is 35.2 Å². The Kier molecular flexibility index (Phi) is 3.83. The van der Waals surface area contributed by atoms with Gasteiger partial charge in [-0.05, 0) is 24.5 Å². The number of likely N-dealkylation sites (tertiary alicyclic amines) is 1. The smallest absolute Gasteiger partial charge is 0.125 e. The lowest BCUT2D eigenvalue weighted by molar-refractivity contribution is -0.0551. The predicted molar refractivity (Wildman–Crippen MR) is 90.3 cm³/mol. The van der Waals surface area contributed by atoms with Crippen LogP contribution in [0.4, 0.5) is 0 Å². The first kappa shape index (κ1) is 14.7. The lowest BCUT2D eigenvalue weighted by Gasteiger charge is -2.46. The Morgan fingerprint density at radius 1 is 1.00 bits per heavy atom. The van der Waals surface area contributed by atoms with Crippen molar-refractivity contribution in [1.29, 1.82) is 0 Å². The van der Waals surface area contributed by atoms with Crippen molar-refractivity contribution in [3.63, 3.8) is 0 Å². The summed E-state index contributed by atoms with van der Waals surface area (Å²) in [6, 6.07) is 18.5. The fourth-order valence-corrected chi connectivity index (χ4v) is 3.85. The number of nitrogens with zero attached hydrogens (tertiary/aromatic N) is 1. The molecule has 0 radical (unpaired) electrons. The fourth-order valence-electron chi connectivity index (χ4n) is 3.85. The first-order valence-electron chi connectivity index (χ1n) is 8.46. The van der Waals surface area contributed by atoms with Crippen molar-refractivity contribution in [1.82, 2.24) is 4.90 Å². The highest BCUT2D eigenvalue weighted by Gasteiger charge is 2.42. The van der Waals surface area contributed by atoms with Crippen molar-refractivity contribution in [2.45, 2.75) is 37.5 Å². The molecule has 1 saturated heterocycles. The van der Waals surface area contributed by atoms with Crippen LogP contribution in [0.25, 0.3) is 0 Å². The molecule has 0 aromatic heterocycles. The number of ether oxygens (including phenoxy) is 1. The zero-order valence-corrected chi connectivity index (χ0v) is 13.3. The van der Waals surface area contributed by atoms with Crippen molar-refractivity contribution in [2.24, 2.45) is 0 Å². The quantitative estimate of drug-likeness (QED) is 0.921. The van der Waals surface area contributed by atoms with Gasteiger partial charge in [0.25, 0.3) is 0 Å². The Balaban J connectivity index is 1.43. The minimum atomic E-state index is -0.402. The number of rotatable bonds is 2. The molecule has 2 aromatic rings. The summed E-state index contributed by atoms with van der Waals surface area (Å²) < 4.78 is 6.34. The van der Waals surface area contributed by atoms with Crippen molar-refractivity contribution in [2.75, 3.05) is 13.1 Å². The third kappa shape index (κ3) is 2.99. The minimum Gasteiger partial charge on any atom is -0.487 e. The Labute approximate surface area is 137 Å². The molecule has 3 nitrogen and oxygen atoms in total. The van der Waals surface area contributed by atoms with E-state index in [4.69, 9.17) is 4.74 Å². The van der Waals surface area contributed by atoms with E-state index in [1.807, 2.05) is 24.3 Å². The second kappa shape index (κ2) is 5.99. The van der Waals surface area contributed by atoms with Gasteiger partial charge in [0, 0.05) is 31.6 Å². The zero-order chi connectivity index (χ0) is 15.7. The second-order valence-corrected chi connectivity index (χ2v) is 6.80. The second-order valence-electron chi connectivity index (χ2n) is 6.80. The van der Waals surface area contributed by atoms with Crippen LogP contribution >= 0.6 is 0 Å². The highest BCUT2D eigenvalue weighted by atomic mass is 16.5. The summed E-state index contributed by atoms with van der Waals surface area (Å²) in [4.78, 5) is 2.48. The average Bonchev–Trinajstić information content (AvgIpc) is 2.58. The number of aliphatic hydroxyl groups is 1. The van der Waals surface area contributed by atoms with E-state index in [1.165, 1.54) is 5.56 Å². The van der Waals surface area contributed by atoms with Crippen molar-refractivity contribution in [3.05, 3.63) is 65.7 Å². The maximum Gasteiger partial charge on any atom is 0.125 e. The summed E-state index contributed by atoms with van der Waals surface area (Å²) in [5.74, 6) is 0.864. The van der Waals surface area contributed by atoms with Gasteiger partial charge in [-0.2, -0.15) is 0 Å². The van der Waals surface area contributed by atoms with Gasteiger partial charge in [0.05, 0.1) is 6.10 Å². The van der Waals surface area contributed by atoms with E-state index in [1.54, 1.807) is 0 Å². The Morgan fingerprint density at radius 3 is 2.48 bits per heavy atom. The van der Waals surface area contributed by atoms with Gasteiger partial charge in [-0.15, -0.1) is 0 Å². The van der Waals surface area contributed by atoms with Crippen molar-refractivity contribution in [3.8, 4) is 5.75 Å². The zero-order valence-electron chi connectivity index (χ0n) is 13.3. The molecule has 0 aliphatic carbocycles. The first-order valence-corrected chi connectivity index (χ1v) is 8.46. The fraction of sp³-hybridized carbons (Fsp3) is 0.400. The van der Waals surface area contributed by atoms with Crippen molar-refractivity contribution < 1.29 is 9.84 Å². The van der Waals surface area contributed by atoms with E-state index in [-0.39, 0.29) is 5.60 Å². The lowest BCUT2D eigenvalue weighted by atomic mass is 9.81. The number of aliphatic hydroxyl groups excluding tert-OH is 1. The molecule has 1 spiro atoms. The Morgan fingerprint density at radius 2 is 1.70 bits per heavy atom. The lowest BCUT2D eigenvalue weighted by Crippen LogP contribution is -2.50. The SMILES string of the molecule is OC1CC2(CCN(Cc3ccccc3)CC2)Oc2ccccc21. The molecule has 4 rings (SSSR count). The van der Waals surface area contributed by atoms with Crippen LogP contribution in [0.5, 0.6) is 5.75 Å². The highest BCUT2D eigenvalue weighted by molar-refractivity contribution is 5.38. The third-order valence-electron chi connectivity index (χ3n) is 5.19. The van der Waals surface area contributed by atoms with Gasteiger partial charge in [-0.25, -0.2) is 0 Å². The summed E-state index contributed by atoms with van der Waals surface area (Å²) in [6.07, 6.45) is 2.26. The largest absolute Gasteiger partial charge is 0.487 e. The normalized spacial score (nSPS) is 23.3. The van der Waals surface area contributed by atoms with Crippen LogP contribution in [0, 0.1) is 0 Å². The number of hydrogen-bond donors (Lipinski definition) is 1. The summed E-state index contributed by atoms with van der Waals surface area (Å²) >= 11 is 0. The molecule has 1 unspecified atom stereocenters. The summed E-state index contributed by atoms with van der Waals surface area (Å²) in [6.45, 7) is 3.03. The van der Waals surface area contributed by atoms with Gasteiger partial charge in [0.2, 0.25) is 0 Å².